The second kappa shape index (κ2) is 9.01. The Bertz CT molecular complexity index is 481. The van der Waals surface area contributed by atoms with Crippen molar-refractivity contribution in [1.29, 1.82) is 0 Å². The minimum atomic E-state index is 0. The van der Waals surface area contributed by atoms with Crippen molar-refractivity contribution in [3.63, 3.8) is 0 Å². The summed E-state index contributed by atoms with van der Waals surface area (Å²) in [7, 11) is 1.69. The first-order chi connectivity index (χ1) is 10.1. The molecule has 1 aliphatic rings. The molecule has 1 aliphatic heterocycles. The molecule has 22 heavy (non-hydrogen) atoms. The number of nitrogens with zero attached hydrogens (tertiary/aromatic N) is 1. The van der Waals surface area contributed by atoms with Crippen LogP contribution in [0.2, 0.25) is 0 Å². The molecule has 1 N–H and O–H groups in total. The lowest BCUT2D eigenvalue weighted by Gasteiger charge is -2.34. The Balaban J connectivity index is 0.00000242. The predicted octanol–water partition coefficient (Wildman–Crippen LogP) is 2.51. The fourth-order valence-corrected chi connectivity index (χ4v) is 2.95. The number of carbonyl (C=O) groups is 1. The maximum Gasteiger partial charge on any atom is 0.223 e. The Morgan fingerprint density at radius 2 is 2.18 bits per heavy atom. The van der Waals surface area contributed by atoms with E-state index in [0.29, 0.717) is 18.4 Å². The number of methoxy groups -OCH3 is 1. The van der Waals surface area contributed by atoms with E-state index in [1.54, 1.807) is 7.11 Å². The van der Waals surface area contributed by atoms with Crippen LogP contribution in [0.15, 0.2) is 24.3 Å². The maximum absolute atomic E-state index is 12.4. The number of hydrogen-bond donors (Lipinski definition) is 1. The molecule has 1 heterocycles. The quantitative estimate of drug-likeness (QED) is 0.904. The maximum atomic E-state index is 12.4. The Kier molecular flexibility index (Phi) is 7.69. The number of hydrogen-bond acceptors (Lipinski definition) is 3. The summed E-state index contributed by atoms with van der Waals surface area (Å²) >= 11 is 0. The average molecular weight is 327 g/mol. The summed E-state index contributed by atoms with van der Waals surface area (Å²) < 4.78 is 5.38. The molecule has 0 spiro atoms. The summed E-state index contributed by atoms with van der Waals surface area (Å²) in [6.07, 6.45) is 1.47. The molecule has 1 aromatic rings. The third kappa shape index (κ3) is 4.89. The van der Waals surface area contributed by atoms with Crippen LogP contribution >= 0.6 is 12.4 Å². The molecule has 0 aromatic heterocycles. The fourth-order valence-electron chi connectivity index (χ4n) is 2.95. The van der Waals surface area contributed by atoms with Crippen LogP contribution in [0.5, 0.6) is 5.75 Å². The van der Waals surface area contributed by atoms with Gasteiger partial charge in [0, 0.05) is 32.1 Å². The van der Waals surface area contributed by atoms with Crippen LogP contribution < -0.4 is 10.1 Å². The van der Waals surface area contributed by atoms with Gasteiger partial charge in [-0.15, -0.1) is 12.4 Å². The summed E-state index contributed by atoms with van der Waals surface area (Å²) in [5.41, 5.74) is 1.17. The summed E-state index contributed by atoms with van der Waals surface area (Å²) in [6.45, 7) is 6.86. The number of halogens is 1. The van der Waals surface area contributed by atoms with Crippen molar-refractivity contribution in [2.45, 2.75) is 32.7 Å². The van der Waals surface area contributed by atoms with E-state index in [0.717, 1.165) is 31.8 Å². The number of piperazine rings is 1. The highest BCUT2D eigenvalue weighted by molar-refractivity contribution is 5.85. The molecular formula is C17H27ClN2O2. The van der Waals surface area contributed by atoms with Crippen molar-refractivity contribution in [1.82, 2.24) is 10.2 Å². The van der Waals surface area contributed by atoms with Crippen molar-refractivity contribution < 1.29 is 9.53 Å². The second-order valence-corrected chi connectivity index (χ2v) is 5.97. The number of benzene rings is 1. The van der Waals surface area contributed by atoms with E-state index < -0.39 is 0 Å². The van der Waals surface area contributed by atoms with Gasteiger partial charge in [-0.05, 0) is 30.9 Å². The van der Waals surface area contributed by atoms with E-state index in [1.807, 2.05) is 23.1 Å². The Morgan fingerprint density at radius 3 is 2.86 bits per heavy atom. The second-order valence-electron chi connectivity index (χ2n) is 5.97. The summed E-state index contributed by atoms with van der Waals surface area (Å²) in [5, 5.41) is 3.32. The number of carbonyl (C=O) groups excluding carboxylic acids is 1. The average Bonchev–Trinajstić information content (AvgIpc) is 2.48. The van der Waals surface area contributed by atoms with Crippen LogP contribution in [0.3, 0.4) is 0 Å². The van der Waals surface area contributed by atoms with E-state index in [-0.39, 0.29) is 18.3 Å². The topological polar surface area (TPSA) is 41.6 Å². The molecule has 2 atom stereocenters. The molecule has 124 valence electrons. The fraction of sp³-hybridized carbons (Fsp3) is 0.588. The number of ether oxygens (including phenoxy) is 1. The van der Waals surface area contributed by atoms with Gasteiger partial charge >= 0.3 is 0 Å². The molecule has 1 amide bonds. The molecule has 0 radical (unpaired) electrons. The van der Waals surface area contributed by atoms with E-state index >= 15 is 0 Å². The lowest BCUT2D eigenvalue weighted by Crippen LogP contribution is -2.52. The molecule has 0 saturated carbocycles. The largest absolute Gasteiger partial charge is 0.496 e. The van der Waals surface area contributed by atoms with Gasteiger partial charge in [-0.2, -0.15) is 0 Å². The normalized spacial score (nSPS) is 19.2. The molecular weight excluding hydrogens is 300 g/mol. The number of nitrogens with one attached hydrogen (secondary N) is 1. The molecule has 2 unspecified atom stereocenters. The number of para-hydroxylation sites is 1. The Labute approximate surface area is 139 Å². The summed E-state index contributed by atoms with van der Waals surface area (Å²) in [4.78, 5) is 14.4. The standard InChI is InChI=1S/C17H26N2O2.ClH/c1-13(10-15-6-4-5-7-16(15)21-3)11-17(20)19-9-8-18-12-14(19)2;/h4-7,13-14,18H,8-12H2,1-3H3;1H. The molecule has 1 fully saturated rings. The minimum absolute atomic E-state index is 0. The van der Waals surface area contributed by atoms with Crippen LogP contribution in [0.25, 0.3) is 0 Å². The molecule has 2 rings (SSSR count). The van der Waals surface area contributed by atoms with E-state index in [4.69, 9.17) is 4.74 Å². The van der Waals surface area contributed by atoms with Crippen molar-refractivity contribution in [3.8, 4) is 5.75 Å². The number of amides is 1. The zero-order valence-electron chi connectivity index (χ0n) is 13.7. The summed E-state index contributed by atoms with van der Waals surface area (Å²) in [5.74, 6) is 1.50. The van der Waals surface area contributed by atoms with Gasteiger partial charge in [-0.25, -0.2) is 0 Å². The smallest absolute Gasteiger partial charge is 0.223 e. The van der Waals surface area contributed by atoms with Gasteiger partial charge in [0.25, 0.3) is 0 Å². The van der Waals surface area contributed by atoms with Crippen LogP contribution in [0, 0.1) is 5.92 Å². The predicted molar refractivity (Wildman–Crippen MR) is 91.8 cm³/mol. The number of rotatable bonds is 5. The van der Waals surface area contributed by atoms with Crippen LogP contribution in [0.1, 0.15) is 25.8 Å². The molecule has 0 aliphatic carbocycles. The highest BCUT2D eigenvalue weighted by Gasteiger charge is 2.24. The first-order valence-electron chi connectivity index (χ1n) is 7.74. The van der Waals surface area contributed by atoms with E-state index in [2.05, 4.69) is 25.2 Å². The minimum Gasteiger partial charge on any atom is -0.496 e. The van der Waals surface area contributed by atoms with Crippen molar-refractivity contribution >= 4 is 18.3 Å². The monoisotopic (exact) mass is 326 g/mol. The lowest BCUT2D eigenvalue weighted by molar-refractivity contribution is -0.134. The van der Waals surface area contributed by atoms with Crippen molar-refractivity contribution in [2.24, 2.45) is 5.92 Å². The van der Waals surface area contributed by atoms with Gasteiger partial charge in [0.15, 0.2) is 0 Å². The molecule has 4 nitrogen and oxygen atoms in total. The molecule has 1 aromatic carbocycles. The zero-order chi connectivity index (χ0) is 15.2. The van der Waals surface area contributed by atoms with Crippen LogP contribution in [-0.2, 0) is 11.2 Å². The van der Waals surface area contributed by atoms with E-state index in [9.17, 15) is 4.79 Å². The van der Waals surface area contributed by atoms with Gasteiger partial charge < -0.3 is 15.0 Å². The Hall–Kier alpha value is -1.26. The Morgan fingerprint density at radius 1 is 1.45 bits per heavy atom. The third-order valence-electron chi connectivity index (χ3n) is 4.11. The zero-order valence-corrected chi connectivity index (χ0v) is 14.5. The van der Waals surface area contributed by atoms with Gasteiger partial charge in [0.1, 0.15) is 5.75 Å². The van der Waals surface area contributed by atoms with Crippen molar-refractivity contribution in [2.75, 3.05) is 26.7 Å². The SMILES string of the molecule is COc1ccccc1CC(C)CC(=O)N1CCNCC1C.Cl. The van der Waals surface area contributed by atoms with Gasteiger partial charge in [-0.3, -0.25) is 4.79 Å². The van der Waals surface area contributed by atoms with Gasteiger partial charge in [-0.1, -0.05) is 25.1 Å². The van der Waals surface area contributed by atoms with Gasteiger partial charge in [0.2, 0.25) is 5.91 Å². The van der Waals surface area contributed by atoms with Gasteiger partial charge in [0.05, 0.1) is 7.11 Å². The lowest BCUT2D eigenvalue weighted by atomic mass is 9.96. The first-order valence-corrected chi connectivity index (χ1v) is 7.74. The highest BCUT2D eigenvalue weighted by Crippen LogP contribution is 2.22. The summed E-state index contributed by atoms with van der Waals surface area (Å²) in [6, 6.07) is 8.34. The van der Waals surface area contributed by atoms with E-state index in [1.165, 1.54) is 5.56 Å². The first kappa shape index (κ1) is 18.8. The third-order valence-corrected chi connectivity index (χ3v) is 4.11. The van der Waals surface area contributed by atoms with Crippen molar-refractivity contribution in [3.05, 3.63) is 29.8 Å². The van der Waals surface area contributed by atoms with Crippen LogP contribution in [0.4, 0.5) is 0 Å². The molecule has 0 bridgehead atoms. The van der Waals surface area contributed by atoms with Crippen LogP contribution in [-0.4, -0.2) is 43.6 Å². The molecule has 5 heteroatoms. The molecule has 1 saturated heterocycles. The highest BCUT2D eigenvalue weighted by atomic mass is 35.5.